The molecule has 0 nitrogen and oxygen atoms in total. The van der Waals surface area contributed by atoms with E-state index >= 15 is 0 Å². The van der Waals surface area contributed by atoms with Crippen molar-refractivity contribution in [3.8, 4) is 0 Å². The summed E-state index contributed by atoms with van der Waals surface area (Å²) in [4.78, 5) is 0. The van der Waals surface area contributed by atoms with E-state index in [2.05, 4.69) is 0 Å². The molecule has 0 atom stereocenters. The van der Waals surface area contributed by atoms with E-state index in [4.69, 9.17) is 0 Å². The summed E-state index contributed by atoms with van der Waals surface area (Å²) >= 11 is -8.95. The Hall–Kier alpha value is 4.29. The molecule has 0 unspecified atom stereocenters. The molecule has 0 aliphatic rings. The maximum absolute atomic E-state index is 9.88. The van der Waals surface area contributed by atoms with Crippen molar-refractivity contribution in [3.63, 3.8) is 0 Å². The van der Waals surface area contributed by atoms with E-state index in [1.54, 1.807) is 0 Å². The summed E-state index contributed by atoms with van der Waals surface area (Å²) in [5, 5.41) is 0. The van der Waals surface area contributed by atoms with Crippen LogP contribution in [0.4, 0.5) is 17.6 Å². The molecule has 0 radical (unpaired) electrons. The van der Waals surface area contributed by atoms with Crippen LogP contribution in [-0.4, -0.2) is 14.3 Å². The Balaban J connectivity index is -0.000000125. The Kier molecular flexibility index (Phi) is 13.3. The first-order valence-corrected chi connectivity index (χ1v) is 3.27. The fourth-order valence-corrected chi connectivity index (χ4v) is 0. The molecule has 0 aromatic heterocycles. The van der Waals surface area contributed by atoms with Crippen molar-refractivity contribution in [3.05, 3.63) is 0 Å². The van der Waals surface area contributed by atoms with Gasteiger partial charge in [0.1, 0.15) is 0 Å². The molecule has 0 aliphatic carbocycles. The molecule has 0 bridgehead atoms. The fraction of sp³-hybridized carbons (Fsp3) is 0. The van der Waals surface area contributed by atoms with Gasteiger partial charge < -0.3 is 0 Å². The van der Waals surface area contributed by atoms with Gasteiger partial charge in [-0.25, -0.2) is 0 Å². The van der Waals surface area contributed by atoms with Crippen LogP contribution in [0.3, 0.4) is 0 Å². The van der Waals surface area contributed by atoms with Crippen molar-refractivity contribution in [1.29, 1.82) is 0 Å². The van der Waals surface area contributed by atoms with Crippen molar-refractivity contribution in [2.45, 2.75) is 0 Å². The molecule has 0 N–H and O–H groups in total. The second kappa shape index (κ2) is 5.85. The molecule has 40 valence electrons. The monoisotopic (exact) mass is 388 g/mol. The second-order valence-corrected chi connectivity index (χ2v) is 2.47. The predicted octanol–water partition coefficient (Wildman–Crippen LogP) is -4.27. The SMILES string of the molecule is [Cs+].[Cs+].[F][Al-2]([F])([F])([F])[F]. The summed E-state index contributed by atoms with van der Waals surface area (Å²) in [6.07, 6.45) is 0. The van der Waals surface area contributed by atoms with Crippen molar-refractivity contribution in [2.24, 2.45) is 0 Å². The standard InChI is InChI=1S/Al.2Cs.5FH/h;;;5*1H/q+3;2*+1;;;;;/p-5. The zero-order chi connectivity index (χ0) is 5.45. The topological polar surface area (TPSA) is 0 Å². The van der Waals surface area contributed by atoms with Crippen molar-refractivity contribution in [2.75, 3.05) is 0 Å². The maximum atomic E-state index is 9.88. The molecule has 0 saturated heterocycles. The van der Waals surface area contributed by atoms with Crippen molar-refractivity contribution in [1.82, 2.24) is 0 Å². The zero-order valence-corrected chi connectivity index (χ0v) is 18.2. The van der Waals surface area contributed by atoms with Crippen LogP contribution in [0.1, 0.15) is 0 Å². The average molecular weight is 388 g/mol. The van der Waals surface area contributed by atoms with Crippen LogP contribution >= 0.6 is 0 Å². The molecule has 0 spiro atoms. The summed E-state index contributed by atoms with van der Waals surface area (Å²) in [6, 6.07) is 0. The predicted molar refractivity (Wildman–Crippen MR) is 11.3 cm³/mol. The van der Waals surface area contributed by atoms with Gasteiger partial charge in [-0.05, 0) is 0 Å². The van der Waals surface area contributed by atoms with Crippen LogP contribution in [0.5, 0.6) is 0 Å². The van der Waals surface area contributed by atoms with Gasteiger partial charge in [0.05, 0.1) is 0 Å². The Morgan fingerprint density at radius 2 is 0.625 bits per heavy atom. The number of hydrogen-bond acceptors (Lipinski definition) is 0. The Morgan fingerprint density at radius 1 is 0.625 bits per heavy atom. The van der Waals surface area contributed by atoms with Gasteiger partial charge >= 0.3 is 170 Å². The third-order valence-corrected chi connectivity index (χ3v) is 0. The summed E-state index contributed by atoms with van der Waals surface area (Å²) in [5.41, 5.74) is 0. The second-order valence-electron chi connectivity index (χ2n) is 0.825. The van der Waals surface area contributed by atoms with Gasteiger partial charge in [0.15, 0.2) is 0 Å². The first-order chi connectivity index (χ1) is 2.24. The number of halogens is 5. The summed E-state index contributed by atoms with van der Waals surface area (Å²) in [6.45, 7) is 0. The first-order valence-electron chi connectivity index (χ1n) is 1.09. The Labute approximate surface area is 164 Å². The molecule has 0 fully saturated rings. The van der Waals surface area contributed by atoms with E-state index in [9.17, 15) is 17.6 Å². The molecular formula is AlCs2F5. The van der Waals surface area contributed by atoms with Gasteiger partial charge in [0.25, 0.3) is 0 Å². The fourth-order valence-electron chi connectivity index (χ4n) is 0. The Morgan fingerprint density at radius 3 is 0.625 bits per heavy atom. The first kappa shape index (κ1) is 18.1. The van der Waals surface area contributed by atoms with Crippen LogP contribution in [0.25, 0.3) is 0 Å². The van der Waals surface area contributed by atoms with Crippen LogP contribution in [0.15, 0.2) is 0 Å². The molecular weight excluding hydrogens is 388 g/mol. The molecule has 0 aromatic rings. The van der Waals surface area contributed by atoms with Gasteiger partial charge in [0, 0.05) is 0 Å². The molecule has 0 saturated carbocycles. The zero-order valence-electron chi connectivity index (χ0n) is 4.47. The van der Waals surface area contributed by atoms with E-state index in [1.165, 1.54) is 0 Å². The summed E-state index contributed by atoms with van der Waals surface area (Å²) in [7, 11) is 0. The van der Waals surface area contributed by atoms with E-state index in [-0.39, 0.29) is 138 Å². The molecule has 0 rings (SSSR count). The minimum atomic E-state index is -8.95. The average Bonchev–Trinajstić information content (AvgIpc) is 0.650. The molecule has 0 aliphatic heterocycles. The van der Waals surface area contributed by atoms with Gasteiger partial charge in [-0.3, -0.25) is 0 Å². The summed E-state index contributed by atoms with van der Waals surface area (Å²) in [5.74, 6) is 0. The van der Waals surface area contributed by atoms with Gasteiger partial charge in [-0.15, -0.1) is 0 Å². The van der Waals surface area contributed by atoms with E-state index in [0.717, 1.165) is 0 Å². The van der Waals surface area contributed by atoms with Gasteiger partial charge in [-0.2, -0.15) is 0 Å². The van der Waals surface area contributed by atoms with Crippen LogP contribution in [-0.2, 0) is 0 Å². The molecule has 0 amide bonds. The van der Waals surface area contributed by atoms with E-state index < -0.39 is 14.3 Å². The molecule has 0 aromatic carbocycles. The van der Waals surface area contributed by atoms with Gasteiger partial charge in [0.2, 0.25) is 0 Å². The van der Waals surface area contributed by atoms with E-state index in [1.807, 2.05) is 0 Å². The Bertz CT molecular complexity index is 43.6. The van der Waals surface area contributed by atoms with E-state index in [0.29, 0.717) is 0 Å². The molecule has 0 heterocycles. The van der Waals surface area contributed by atoms with Crippen molar-refractivity contribution < 1.29 is 155 Å². The quantitative estimate of drug-likeness (QED) is 0.292. The third-order valence-electron chi connectivity index (χ3n) is 0. The van der Waals surface area contributed by atoms with Crippen LogP contribution in [0, 0.1) is 0 Å². The number of hydrogen-bond donors (Lipinski definition) is 0. The minimum absolute atomic E-state index is 0. The van der Waals surface area contributed by atoms with Crippen LogP contribution in [0.2, 0.25) is 0 Å². The van der Waals surface area contributed by atoms with Gasteiger partial charge in [-0.1, -0.05) is 0 Å². The van der Waals surface area contributed by atoms with Crippen molar-refractivity contribution >= 4 is 14.3 Å². The third kappa shape index (κ3) is 48.3. The molecule has 8 heavy (non-hydrogen) atoms. The molecule has 8 heteroatoms. The summed E-state index contributed by atoms with van der Waals surface area (Å²) < 4.78 is 49.4. The number of rotatable bonds is 0. The normalized spacial score (nSPS) is 14.4. The van der Waals surface area contributed by atoms with Crippen LogP contribution < -0.4 is 138 Å².